The van der Waals surface area contributed by atoms with Crippen molar-refractivity contribution in [3.8, 4) is 17.6 Å². The average molecular weight is 136 g/mol. The van der Waals surface area contributed by atoms with Crippen molar-refractivity contribution in [2.24, 2.45) is 0 Å². The second kappa shape index (κ2) is 2.92. The van der Waals surface area contributed by atoms with Crippen molar-refractivity contribution in [2.75, 3.05) is 0 Å². The van der Waals surface area contributed by atoms with E-state index in [1.165, 1.54) is 12.4 Å². The molecular formula is C7H8N2O. The van der Waals surface area contributed by atoms with Gasteiger partial charge in [0.2, 0.25) is 0 Å². The summed E-state index contributed by atoms with van der Waals surface area (Å²) in [7, 11) is 0. The van der Waals surface area contributed by atoms with Gasteiger partial charge in [0, 0.05) is 0 Å². The van der Waals surface area contributed by atoms with Crippen molar-refractivity contribution in [1.29, 1.82) is 0 Å². The topological polar surface area (TPSA) is 38.0 Å². The molecule has 0 spiro atoms. The van der Waals surface area contributed by atoms with Gasteiger partial charge in [-0.3, -0.25) is 4.68 Å². The number of hydrogen-bond donors (Lipinski definition) is 1. The summed E-state index contributed by atoms with van der Waals surface area (Å²) in [4.78, 5) is 0. The van der Waals surface area contributed by atoms with Crippen LogP contribution in [0.4, 0.5) is 0 Å². The first kappa shape index (κ1) is 6.69. The second-order valence-corrected chi connectivity index (χ2v) is 1.82. The van der Waals surface area contributed by atoms with E-state index in [0.29, 0.717) is 6.54 Å². The Morgan fingerprint density at radius 2 is 2.60 bits per heavy atom. The number of nitrogens with zero attached hydrogens (tertiary/aromatic N) is 2. The molecule has 0 fully saturated rings. The lowest BCUT2D eigenvalue weighted by Gasteiger charge is -1.88. The first-order chi connectivity index (χ1) is 4.83. The lowest BCUT2D eigenvalue weighted by molar-refractivity contribution is 0.474. The molecule has 3 heteroatoms. The van der Waals surface area contributed by atoms with Crippen LogP contribution >= 0.6 is 0 Å². The van der Waals surface area contributed by atoms with Gasteiger partial charge in [-0.25, -0.2) is 0 Å². The van der Waals surface area contributed by atoms with Gasteiger partial charge in [-0.2, -0.15) is 5.10 Å². The van der Waals surface area contributed by atoms with Crippen LogP contribution in [-0.2, 0) is 6.54 Å². The minimum Gasteiger partial charge on any atom is -0.505 e. The highest BCUT2D eigenvalue weighted by Crippen LogP contribution is 2.02. The van der Waals surface area contributed by atoms with Crippen LogP contribution in [0.3, 0.4) is 0 Å². The molecule has 1 aromatic heterocycles. The maximum Gasteiger partial charge on any atom is 0.153 e. The number of hydrogen-bond acceptors (Lipinski definition) is 2. The maximum atomic E-state index is 8.82. The SMILES string of the molecule is CC#CCn1cc(O)cn1. The second-order valence-electron chi connectivity index (χ2n) is 1.82. The Morgan fingerprint density at radius 1 is 1.80 bits per heavy atom. The molecule has 10 heavy (non-hydrogen) atoms. The highest BCUT2D eigenvalue weighted by Gasteiger charge is 1.90. The van der Waals surface area contributed by atoms with Gasteiger partial charge in [-0.15, -0.1) is 5.92 Å². The molecule has 0 aliphatic carbocycles. The molecule has 0 radical (unpaired) electrons. The molecule has 1 aromatic rings. The molecule has 0 aliphatic heterocycles. The fourth-order valence-electron chi connectivity index (χ4n) is 0.599. The van der Waals surface area contributed by atoms with Gasteiger partial charge in [-0.1, -0.05) is 5.92 Å². The lowest BCUT2D eigenvalue weighted by atomic mass is 10.6. The van der Waals surface area contributed by atoms with Gasteiger partial charge in [0.15, 0.2) is 5.75 Å². The van der Waals surface area contributed by atoms with E-state index in [1.54, 1.807) is 11.6 Å². The summed E-state index contributed by atoms with van der Waals surface area (Å²) >= 11 is 0. The van der Waals surface area contributed by atoms with E-state index < -0.39 is 0 Å². The summed E-state index contributed by atoms with van der Waals surface area (Å²) in [5, 5.41) is 12.6. The van der Waals surface area contributed by atoms with Crippen LogP contribution in [0.1, 0.15) is 6.92 Å². The van der Waals surface area contributed by atoms with Crippen LogP contribution in [-0.4, -0.2) is 14.9 Å². The third kappa shape index (κ3) is 1.52. The number of aromatic hydroxyl groups is 1. The van der Waals surface area contributed by atoms with Gasteiger partial charge in [0.25, 0.3) is 0 Å². The maximum absolute atomic E-state index is 8.82. The van der Waals surface area contributed by atoms with Crippen LogP contribution in [0, 0.1) is 11.8 Å². The summed E-state index contributed by atoms with van der Waals surface area (Å²) in [5.74, 6) is 5.73. The third-order valence-electron chi connectivity index (χ3n) is 1.04. The molecule has 0 saturated heterocycles. The van der Waals surface area contributed by atoms with Crippen molar-refractivity contribution in [3.05, 3.63) is 12.4 Å². The van der Waals surface area contributed by atoms with E-state index in [0.717, 1.165) is 0 Å². The van der Waals surface area contributed by atoms with E-state index in [2.05, 4.69) is 16.9 Å². The standard InChI is InChI=1S/C7H8N2O/c1-2-3-4-9-6-7(10)5-8-9/h5-6,10H,4H2,1H3. The fourth-order valence-corrected chi connectivity index (χ4v) is 0.599. The highest BCUT2D eigenvalue weighted by atomic mass is 16.3. The van der Waals surface area contributed by atoms with E-state index in [-0.39, 0.29) is 5.75 Å². The normalized spacial score (nSPS) is 8.50. The van der Waals surface area contributed by atoms with Gasteiger partial charge < -0.3 is 5.11 Å². The summed E-state index contributed by atoms with van der Waals surface area (Å²) in [6.45, 7) is 2.31. The summed E-state index contributed by atoms with van der Waals surface area (Å²) in [5.41, 5.74) is 0. The van der Waals surface area contributed by atoms with Gasteiger partial charge in [0.05, 0.1) is 12.4 Å². The zero-order chi connectivity index (χ0) is 7.40. The largest absolute Gasteiger partial charge is 0.505 e. The molecule has 0 amide bonds. The Morgan fingerprint density at radius 3 is 3.10 bits per heavy atom. The monoisotopic (exact) mass is 136 g/mol. The quantitative estimate of drug-likeness (QED) is 0.574. The van der Waals surface area contributed by atoms with Crippen LogP contribution in [0.2, 0.25) is 0 Å². The first-order valence-corrected chi connectivity index (χ1v) is 2.94. The van der Waals surface area contributed by atoms with Crippen molar-refractivity contribution in [1.82, 2.24) is 9.78 Å². The molecule has 0 aromatic carbocycles. The molecule has 0 saturated carbocycles. The zero-order valence-electron chi connectivity index (χ0n) is 5.70. The lowest BCUT2D eigenvalue weighted by Crippen LogP contribution is -1.94. The zero-order valence-corrected chi connectivity index (χ0v) is 5.70. The Hall–Kier alpha value is -1.43. The predicted molar refractivity (Wildman–Crippen MR) is 37.3 cm³/mol. The van der Waals surface area contributed by atoms with Gasteiger partial charge >= 0.3 is 0 Å². The summed E-state index contributed by atoms with van der Waals surface area (Å²) < 4.78 is 1.58. The summed E-state index contributed by atoms with van der Waals surface area (Å²) in [6, 6.07) is 0. The Balaban J connectivity index is 2.64. The van der Waals surface area contributed by atoms with Crippen molar-refractivity contribution >= 4 is 0 Å². The van der Waals surface area contributed by atoms with Crippen LogP contribution in [0.25, 0.3) is 0 Å². The fraction of sp³-hybridized carbons (Fsp3) is 0.286. The minimum atomic E-state index is 0.179. The van der Waals surface area contributed by atoms with E-state index >= 15 is 0 Å². The molecule has 0 atom stereocenters. The molecule has 52 valence electrons. The summed E-state index contributed by atoms with van der Waals surface area (Å²) in [6.07, 6.45) is 2.92. The van der Waals surface area contributed by atoms with Gasteiger partial charge in [-0.05, 0) is 6.92 Å². The highest BCUT2D eigenvalue weighted by molar-refractivity contribution is 5.09. The smallest absolute Gasteiger partial charge is 0.153 e. The van der Waals surface area contributed by atoms with Crippen molar-refractivity contribution in [3.63, 3.8) is 0 Å². The Kier molecular flexibility index (Phi) is 1.96. The molecular weight excluding hydrogens is 128 g/mol. The molecule has 0 unspecified atom stereocenters. The number of rotatable bonds is 1. The van der Waals surface area contributed by atoms with Crippen molar-refractivity contribution in [2.45, 2.75) is 13.5 Å². The van der Waals surface area contributed by atoms with Crippen LogP contribution in [0.15, 0.2) is 12.4 Å². The first-order valence-electron chi connectivity index (χ1n) is 2.94. The van der Waals surface area contributed by atoms with E-state index in [4.69, 9.17) is 5.11 Å². The molecule has 1 heterocycles. The van der Waals surface area contributed by atoms with Gasteiger partial charge in [0.1, 0.15) is 6.54 Å². The molecule has 1 rings (SSSR count). The third-order valence-corrected chi connectivity index (χ3v) is 1.04. The van der Waals surface area contributed by atoms with E-state index in [9.17, 15) is 0 Å². The van der Waals surface area contributed by atoms with Crippen molar-refractivity contribution < 1.29 is 5.11 Å². The molecule has 0 aliphatic rings. The Labute approximate surface area is 59.3 Å². The van der Waals surface area contributed by atoms with E-state index in [1.807, 2.05) is 0 Å². The minimum absolute atomic E-state index is 0.179. The Bertz CT molecular complexity index is 267. The molecule has 0 bridgehead atoms. The predicted octanol–water partition coefficient (Wildman–Crippen LogP) is 0.612. The van der Waals surface area contributed by atoms with Crippen LogP contribution < -0.4 is 0 Å². The molecule has 3 nitrogen and oxygen atoms in total. The molecule has 1 N–H and O–H groups in total. The van der Waals surface area contributed by atoms with Crippen LogP contribution in [0.5, 0.6) is 5.75 Å². The average Bonchev–Trinajstić information content (AvgIpc) is 2.31. The number of aromatic nitrogens is 2.